The fraction of sp³-hybridized carbons (Fsp3) is 0.250. The molecule has 2 aromatic carbocycles. The molecule has 2 heteroatoms. The third-order valence-corrected chi connectivity index (χ3v) is 3.40. The zero-order valence-electron chi connectivity index (χ0n) is 11.0. The van der Waals surface area contributed by atoms with Crippen LogP contribution in [0.1, 0.15) is 22.3 Å². The summed E-state index contributed by atoms with van der Waals surface area (Å²) in [5.41, 5.74) is 11.4. The van der Waals surface area contributed by atoms with Gasteiger partial charge in [0.2, 0.25) is 0 Å². The number of nitrogens with two attached hydrogens (primary N) is 1. The summed E-state index contributed by atoms with van der Waals surface area (Å²) >= 11 is 0. The molecule has 0 aliphatic rings. The maximum atomic E-state index is 14.1. The second-order valence-corrected chi connectivity index (χ2v) is 4.77. The van der Waals surface area contributed by atoms with Crippen molar-refractivity contribution in [1.29, 1.82) is 0 Å². The average Bonchev–Trinajstić information content (AvgIpc) is 2.34. The molecule has 2 N–H and O–H groups in total. The smallest absolute Gasteiger partial charge is 0.131 e. The van der Waals surface area contributed by atoms with Gasteiger partial charge in [-0.15, -0.1) is 0 Å². The number of rotatable bonds is 2. The lowest BCUT2D eigenvalue weighted by Crippen LogP contribution is -1.98. The molecule has 0 radical (unpaired) electrons. The van der Waals surface area contributed by atoms with Crippen LogP contribution in [0.25, 0.3) is 11.1 Å². The monoisotopic (exact) mass is 243 g/mol. The second-order valence-electron chi connectivity index (χ2n) is 4.77. The third-order valence-electron chi connectivity index (χ3n) is 3.40. The van der Waals surface area contributed by atoms with Gasteiger partial charge in [0.15, 0.2) is 0 Å². The zero-order chi connectivity index (χ0) is 13.3. The predicted molar refractivity (Wildman–Crippen MR) is 73.9 cm³/mol. The summed E-state index contributed by atoms with van der Waals surface area (Å²) in [4.78, 5) is 0. The van der Waals surface area contributed by atoms with Gasteiger partial charge < -0.3 is 5.73 Å². The molecule has 0 heterocycles. The first-order valence-electron chi connectivity index (χ1n) is 6.09. The number of hydrogen-bond donors (Lipinski definition) is 1. The van der Waals surface area contributed by atoms with Crippen LogP contribution in [0.2, 0.25) is 0 Å². The first-order chi connectivity index (χ1) is 8.52. The fourth-order valence-corrected chi connectivity index (χ4v) is 2.15. The Bertz CT molecular complexity index is 588. The van der Waals surface area contributed by atoms with Gasteiger partial charge in [-0.3, -0.25) is 0 Å². The van der Waals surface area contributed by atoms with Crippen molar-refractivity contribution in [2.24, 2.45) is 5.73 Å². The summed E-state index contributed by atoms with van der Waals surface area (Å²) in [5.74, 6) is -0.204. The van der Waals surface area contributed by atoms with Gasteiger partial charge in [-0.2, -0.15) is 0 Å². The number of benzene rings is 2. The molecule has 0 fully saturated rings. The van der Waals surface area contributed by atoms with Crippen molar-refractivity contribution in [3.63, 3.8) is 0 Å². The first-order valence-corrected chi connectivity index (χ1v) is 6.09. The summed E-state index contributed by atoms with van der Waals surface area (Å²) in [6.07, 6.45) is 0. The molecular weight excluding hydrogens is 225 g/mol. The molecule has 2 aromatic rings. The van der Waals surface area contributed by atoms with E-state index in [1.807, 2.05) is 32.0 Å². The van der Waals surface area contributed by atoms with Gasteiger partial charge in [-0.1, -0.05) is 24.3 Å². The molecule has 0 unspecified atom stereocenters. The van der Waals surface area contributed by atoms with Gasteiger partial charge in [0, 0.05) is 12.1 Å². The number of hydrogen-bond acceptors (Lipinski definition) is 1. The molecule has 0 aromatic heterocycles. The van der Waals surface area contributed by atoms with E-state index in [-0.39, 0.29) is 5.82 Å². The molecule has 0 bridgehead atoms. The summed E-state index contributed by atoms with van der Waals surface area (Å²) in [6.45, 7) is 6.49. The van der Waals surface area contributed by atoms with Crippen LogP contribution < -0.4 is 5.73 Å². The lowest BCUT2D eigenvalue weighted by Gasteiger charge is -2.11. The summed E-state index contributed by atoms with van der Waals surface area (Å²) in [6, 6.07) is 9.36. The van der Waals surface area contributed by atoms with Gasteiger partial charge in [0.05, 0.1) is 0 Å². The summed E-state index contributed by atoms with van der Waals surface area (Å²) in [7, 11) is 0. The molecule has 94 valence electrons. The Morgan fingerprint density at radius 2 is 1.56 bits per heavy atom. The number of halogens is 1. The molecule has 1 nitrogen and oxygen atoms in total. The Morgan fingerprint density at radius 1 is 0.889 bits per heavy atom. The van der Waals surface area contributed by atoms with Crippen LogP contribution in [0.5, 0.6) is 0 Å². The second kappa shape index (κ2) is 4.91. The van der Waals surface area contributed by atoms with Crippen LogP contribution in [0, 0.1) is 26.6 Å². The maximum absolute atomic E-state index is 14.1. The zero-order valence-corrected chi connectivity index (χ0v) is 11.0. The topological polar surface area (TPSA) is 26.0 Å². The van der Waals surface area contributed by atoms with E-state index in [1.165, 1.54) is 17.2 Å². The normalized spacial score (nSPS) is 10.7. The molecule has 0 saturated carbocycles. The Labute approximate surface area is 107 Å². The molecule has 0 atom stereocenters. The molecule has 0 amide bonds. The largest absolute Gasteiger partial charge is 0.326 e. The Kier molecular flexibility index (Phi) is 3.48. The van der Waals surface area contributed by atoms with Crippen molar-refractivity contribution in [3.8, 4) is 11.1 Å². The minimum atomic E-state index is -0.204. The van der Waals surface area contributed by atoms with Gasteiger partial charge in [-0.25, -0.2) is 4.39 Å². The molecule has 0 aliphatic heterocycles. The van der Waals surface area contributed by atoms with Crippen LogP contribution in [0.15, 0.2) is 30.3 Å². The standard InChI is InChI=1S/C16H18FN/c1-10-6-12(3)15(7-11(10)2)14-5-4-13(9-18)8-16(14)17/h4-8H,9,18H2,1-3H3. The van der Waals surface area contributed by atoms with E-state index in [9.17, 15) is 4.39 Å². The van der Waals surface area contributed by atoms with Gasteiger partial charge in [0.1, 0.15) is 5.82 Å². The first kappa shape index (κ1) is 12.8. The summed E-state index contributed by atoms with van der Waals surface area (Å²) in [5, 5.41) is 0. The van der Waals surface area contributed by atoms with Crippen molar-refractivity contribution in [1.82, 2.24) is 0 Å². The molecule has 18 heavy (non-hydrogen) atoms. The van der Waals surface area contributed by atoms with Crippen molar-refractivity contribution >= 4 is 0 Å². The molecule has 0 saturated heterocycles. The average molecular weight is 243 g/mol. The minimum absolute atomic E-state index is 0.204. The lowest BCUT2D eigenvalue weighted by atomic mass is 9.94. The highest BCUT2D eigenvalue weighted by Gasteiger charge is 2.09. The highest BCUT2D eigenvalue weighted by molar-refractivity contribution is 5.69. The van der Waals surface area contributed by atoms with Crippen LogP contribution in [-0.4, -0.2) is 0 Å². The predicted octanol–water partition coefficient (Wildman–Crippen LogP) is 3.88. The van der Waals surface area contributed by atoms with Crippen molar-refractivity contribution in [2.75, 3.05) is 0 Å². The van der Waals surface area contributed by atoms with Gasteiger partial charge >= 0.3 is 0 Å². The fourth-order valence-electron chi connectivity index (χ4n) is 2.15. The molecule has 0 spiro atoms. The highest BCUT2D eigenvalue weighted by Crippen LogP contribution is 2.29. The molecule has 0 aliphatic carbocycles. The van der Waals surface area contributed by atoms with Crippen molar-refractivity contribution in [3.05, 3.63) is 58.4 Å². The maximum Gasteiger partial charge on any atom is 0.131 e. The van der Waals surface area contributed by atoms with Crippen LogP contribution in [-0.2, 0) is 6.54 Å². The highest BCUT2D eigenvalue weighted by atomic mass is 19.1. The van der Waals surface area contributed by atoms with Crippen molar-refractivity contribution in [2.45, 2.75) is 27.3 Å². The minimum Gasteiger partial charge on any atom is -0.326 e. The van der Waals surface area contributed by atoms with Crippen LogP contribution >= 0.6 is 0 Å². The van der Waals surface area contributed by atoms with E-state index in [1.54, 1.807) is 0 Å². The van der Waals surface area contributed by atoms with E-state index in [0.29, 0.717) is 12.1 Å². The van der Waals surface area contributed by atoms with E-state index >= 15 is 0 Å². The summed E-state index contributed by atoms with van der Waals surface area (Å²) < 4.78 is 14.1. The van der Waals surface area contributed by atoms with Crippen LogP contribution in [0.4, 0.5) is 4.39 Å². The quantitative estimate of drug-likeness (QED) is 0.851. The van der Waals surface area contributed by atoms with Gasteiger partial charge in [0.25, 0.3) is 0 Å². The van der Waals surface area contributed by atoms with E-state index < -0.39 is 0 Å². The lowest BCUT2D eigenvalue weighted by molar-refractivity contribution is 0.629. The van der Waals surface area contributed by atoms with E-state index in [4.69, 9.17) is 5.73 Å². The third kappa shape index (κ3) is 2.29. The van der Waals surface area contributed by atoms with Crippen LogP contribution in [0.3, 0.4) is 0 Å². The molecular formula is C16H18FN. The Morgan fingerprint density at radius 3 is 2.17 bits per heavy atom. The Balaban J connectivity index is 2.58. The number of aryl methyl sites for hydroxylation is 3. The molecule has 2 rings (SSSR count). The van der Waals surface area contributed by atoms with E-state index in [2.05, 4.69) is 13.0 Å². The van der Waals surface area contributed by atoms with E-state index in [0.717, 1.165) is 16.7 Å². The van der Waals surface area contributed by atoms with Crippen molar-refractivity contribution < 1.29 is 4.39 Å². The SMILES string of the molecule is Cc1cc(C)c(-c2ccc(CN)cc2F)cc1C. The Hall–Kier alpha value is -1.67. The van der Waals surface area contributed by atoms with Gasteiger partial charge in [-0.05, 0) is 54.7 Å².